The van der Waals surface area contributed by atoms with E-state index in [0.717, 1.165) is 18.8 Å². The summed E-state index contributed by atoms with van der Waals surface area (Å²) in [4.78, 5) is 10.6. The molecule has 3 N–H and O–H groups in total. The summed E-state index contributed by atoms with van der Waals surface area (Å²) in [5, 5.41) is 8.69. The van der Waals surface area contributed by atoms with Gasteiger partial charge in [0.25, 0.3) is 0 Å². The minimum absolute atomic E-state index is 0.161. The first-order chi connectivity index (χ1) is 5.60. The van der Waals surface area contributed by atoms with Gasteiger partial charge in [0.15, 0.2) is 0 Å². The van der Waals surface area contributed by atoms with Gasteiger partial charge in [0.05, 0.1) is 6.42 Å². The van der Waals surface area contributed by atoms with E-state index in [-0.39, 0.29) is 12.0 Å². The van der Waals surface area contributed by atoms with Gasteiger partial charge in [-0.05, 0) is 31.1 Å². The van der Waals surface area contributed by atoms with E-state index in [1.807, 2.05) is 0 Å². The third-order valence-electron chi connectivity index (χ3n) is 3.50. The van der Waals surface area contributed by atoms with Gasteiger partial charge >= 0.3 is 5.97 Å². The van der Waals surface area contributed by atoms with Crippen LogP contribution in [0.15, 0.2) is 0 Å². The fraction of sp³-hybridized carbons (Fsp3) is 0.889. The molecule has 3 nitrogen and oxygen atoms in total. The van der Waals surface area contributed by atoms with Crippen molar-refractivity contribution in [1.82, 2.24) is 0 Å². The average Bonchev–Trinajstić information content (AvgIpc) is 2.42. The Morgan fingerprint density at radius 3 is 2.75 bits per heavy atom. The maximum Gasteiger partial charge on any atom is 0.305 e. The van der Waals surface area contributed by atoms with Crippen molar-refractivity contribution in [3.63, 3.8) is 0 Å². The molecule has 12 heavy (non-hydrogen) atoms. The predicted molar refractivity (Wildman–Crippen MR) is 44.6 cm³/mol. The number of carboxylic acids is 1. The van der Waals surface area contributed by atoms with Crippen LogP contribution in [0.25, 0.3) is 0 Å². The van der Waals surface area contributed by atoms with E-state index >= 15 is 0 Å². The van der Waals surface area contributed by atoms with Crippen molar-refractivity contribution in [3.8, 4) is 0 Å². The topological polar surface area (TPSA) is 63.3 Å². The highest BCUT2D eigenvalue weighted by molar-refractivity contribution is 5.68. The van der Waals surface area contributed by atoms with Crippen molar-refractivity contribution >= 4 is 5.97 Å². The first kappa shape index (κ1) is 8.05. The first-order valence-electron chi connectivity index (χ1n) is 4.61. The Kier molecular flexibility index (Phi) is 1.65. The van der Waals surface area contributed by atoms with Gasteiger partial charge in [-0.3, -0.25) is 4.79 Å². The number of carbonyl (C=O) groups is 1. The lowest BCUT2D eigenvalue weighted by atomic mass is 9.79. The number of hydrogen-bond acceptors (Lipinski definition) is 2. The molecule has 0 aromatic heterocycles. The van der Waals surface area contributed by atoms with Gasteiger partial charge in [0.1, 0.15) is 0 Å². The highest BCUT2D eigenvalue weighted by atomic mass is 16.4. The summed E-state index contributed by atoms with van der Waals surface area (Å²) >= 11 is 0. The van der Waals surface area contributed by atoms with Crippen LogP contribution in [0, 0.1) is 11.8 Å². The summed E-state index contributed by atoms with van der Waals surface area (Å²) in [5.41, 5.74) is 5.70. The number of nitrogens with two attached hydrogens (primary N) is 1. The molecule has 2 rings (SSSR count). The minimum Gasteiger partial charge on any atom is -0.481 e. The lowest BCUT2D eigenvalue weighted by molar-refractivity contribution is -0.138. The van der Waals surface area contributed by atoms with E-state index < -0.39 is 5.97 Å². The number of carboxylic acid groups (broad SMARTS) is 1. The molecule has 2 aliphatic carbocycles. The quantitative estimate of drug-likeness (QED) is 0.647. The third kappa shape index (κ3) is 1.12. The monoisotopic (exact) mass is 169 g/mol. The van der Waals surface area contributed by atoms with Crippen molar-refractivity contribution in [1.29, 1.82) is 0 Å². The second kappa shape index (κ2) is 2.46. The van der Waals surface area contributed by atoms with Crippen LogP contribution in [0.3, 0.4) is 0 Å². The van der Waals surface area contributed by atoms with Gasteiger partial charge in [-0.1, -0.05) is 6.42 Å². The number of rotatable bonds is 2. The third-order valence-corrected chi connectivity index (χ3v) is 3.50. The molecule has 0 aliphatic heterocycles. The second-order valence-corrected chi connectivity index (χ2v) is 4.38. The fourth-order valence-electron chi connectivity index (χ4n) is 2.98. The van der Waals surface area contributed by atoms with Gasteiger partial charge in [-0.15, -0.1) is 0 Å². The summed E-state index contributed by atoms with van der Waals surface area (Å²) in [7, 11) is 0. The van der Waals surface area contributed by atoms with Crippen LogP contribution in [0.5, 0.6) is 0 Å². The number of hydrogen-bond donors (Lipinski definition) is 2. The smallest absolute Gasteiger partial charge is 0.305 e. The van der Waals surface area contributed by atoms with E-state index in [9.17, 15) is 4.79 Å². The predicted octanol–water partition coefficient (Wildman–Crippen LogP) is 0.979. The molecular weight excluding hydrogens is 154 g/mol. The molecule has 0 amide bonds. The molecule has 2 aliphatic rings. The van der Waals surface area contributed by atoms with Gasteiger partial charge in [0.2, 0.25) is 0 Å². The highest BCUT2D eigenvalue weighted by Gasteiger charge is 2.49. The Labute approximate surface area is 71.9 Å². The summed E-state index contributed by atoms with van der Waals surface area (Å²) in [6, 6.07) is 0. The molecule has 0 heterocycles. The Hall–Kier alpha value is -0.570. The van der Waals surface area contributed by atoms with Crippen molar-refractivity contribution in [2.75, 3.05) is 0 Å². The van der Waals surface area contributed by atoms with Crippen LogP contribution in [0.2, 0.25) is 0 Å². The average molecular weight is 169 g/mol. The van der Waals surface area contributed by atoms with E-state index in [4.69, 9.17) is 10.8 Å². The van der Waals surface area contributed by atoms with Crippen molar-refractivity contribution < 1.29 is 9.90 Å². The molecular formula is C9H15NO2. The van der Waals surface area contributed by atoms with Gasteiger partial charge in [0, 0.05) is 5.54 Å². The minimum atomic E-state index is -0.745. The molecule has 0 aromatic carbocycles. The number of aliphatic carboxylic acids is 1. The standard InChI is InChI=1S/C9H15NO2/c10-9(5-8(11)12)4-6-1-2-7(9)3-6/h6-7H,1-5,10H2,(H,11,12). The maximum absolute atomic E-state index is 10.6. The Bertz CT molecular complexity index is 217. The molecule has 3 unspecified atom stereocenters. The van der Waals surface area contributed by atoms with E-state index in [1.165, 1.54) is 12.8 Å². The molecule has 3 atom stereocenters. The molecule has 68 valence electrons. The normalized spacial score (nSPS) is 45.1. The van der Waals surface area contributed by atoms with Crippen LogP contribution in [-0.2, 0) is 4.79 Å². The van der Waals surface area contributed by atoms with Crippen LogP contribution in [-0.4, -0.2) is 16.6 Å². The second-order valence-electron chi connectivity index (χ2n) is 4.38. The summed E-state index contributed by atoms with van der Waals surface area (Å²) in [6.45, 7) is 0. The maximum atomic E-state index is 10.6. The largest absolute Gasteiger partial charge is 0.481 e. The Balaban J connectivity index is 2.07. The lowest BCUT2D eigenvalue weighted by Crippen LogP contribution is -2.46. The van der Waals surface area contributed by atoms with Crippen molar-refractivity contribution in [2.45, 2.75) is 37.6 Å². The summed E-state index contributed by atoms with van der Waals surface area (Å²) in [5.74, 6) is 0.461. The van der Waals surface area contributed by atoms with Crippen LogP contribution in [0.4, 0.5) is 0 Å². The van der Waals surface area contributed by atoms with Gasteiger partial charge in [-0.2, -0.15) is 0 Å². The molecule has 2 fully saturated rings. The molecule has 0 aromatic rings. The van der Waals surface area contributed by atoms with Gasteiger partial charge < -0.3 is 10.8 Å². The Morgan fingerprint density at radius 1 is 1.58 bits per heavy atom. The first-order valence-corrected chi connectivity index (χ1v) is 4.61. The van der Waals surface area contributed by atoms with Gasteiger partial charge in [-0.25, -0.2) is 0 Å². The molecule has 2 bridgehead atoms. The summed E-state index contributed by atoms with van der Waals surface area (Å²) < 4.78 is 0. The molecule has 3 heteroatoms. The van der Waals surface area contributed by atoms with Crippen molar-refractivity contribution in [3.05, 3.63) is 0 Å². The lowest BCUT2D eigenvalue weighted by Gasteiger charge is -2.32. The molecule has 0 spiro atoms. The Morgan fingerprint density at radius 2 is 2.33 bits per heavy atom. The zero-order chi connectivity index (χ0) is 8.77. The van der Waals surface area contributed by atoms with Crippen LogP contribution < -0.4 is 5.73 Å². The molecule has 2 saturated carbocycles. The molecule has 0 saturated heterocycles. The zero-order valence-corrected chi connectivity index (χ0v) is 7.12. The van der Waals surface area contributed by atoms with Crippen LogP contribution >= 0.6 is 0 Å². The van der Waals surface area contributed by atoms with Crippen molar-refractivity contribution in [2.24, 2.45) is 17.6 Å². The SMILES string of the molecule is NC1(CC(=O)O)CC2CCC1C2. The highest BCUT2D eigenvalue weighted by Crippen LogP contribution is 2.50. The number of fused-ring (bicyclic) bond motifs is 2. The zero-order valence-electron chi connectivity index (χ0n) is 7.12. The summed E-state index contributed by atoms with van der Waals surface area (Å²) in [6.07, 6.45) is 4.68. The van der Waals surface area contributed by atoms with E-state index in [0.29, 0.717) is 5.92 Å². The van der Waals surface area contributed by atoms with Crippen LogP contribution in [0.1, 0.15) is 32.1 Å². The van der Waals surface area contributed by atoms with E-state index in [2.05, 4.69) is 0 Å². The molecule has 0 radical (unpaired) electrons. The fourth-order valence-corrected chi connectivity index (χ4v) is 2.98. The van der Waals surface area contributed by atoms with E-state index in [1.54, 1.807) is 0 Å².